The van der Waals surface area contributed by atoms with Crippen molar-refractivity contribution in [3.05, 3.63) is 47.2 Å². The molecule has 1 unspecified atom stereocenters. The van der Waals surface area contributed by atoms with Gasteiger partial charge in [0.25, 0.3) is 0 Å². The van der Waals surface area contributed by atoms with Gasteiger partial charge in [0.2, 0.25) is 0 Å². The van der Waals surface area contributed by atoms with E-state index in [-0.39, 0.29) is 22.7 Å². The summed E-state index contributed by atoms with van der Waals surface area (Å²) in [6, 6.07) is 10.8. The molecule has 1 aliphatic rings. The lowest BCUT2D eigenvalue weighted by atomic mass is 10.2. The maximum Gasteiger partial charge on any atom is 0.187 e. The van der Waals surface area contributed by atoms with E-state index in [1.165, 1.54) is 6.21 Å². The molecule has 2 N–H and O–H groups in total. The van der Waals surface area contributed by atoms with Crippen molar-refractivity contribution in [2.75, 3.05) is 11.5 Å². The molecule has 6 nitrogen and oxygen atoms in total. The van der Waals surface area contributed by atoms with Crippen molar-refractivity contribution < 1.29 is 12.8 Å². The average molecular weight is 398 g/mol. The summed E-state index contributed by atoms with van der Waals surface area (Å²) in [4.78, 5) is 0. The van der Waals surface area contributed by atoms with E-state index in [9.17, 15) is 8.42 Å². The summed E-state index contributed by atoms with van der Waals surface area (Å²) < 4.78 is 28.5. The first-order valence-corrected chi connectivity index (χ1v) is 10.2. The number of nitrogens with zero attached hydrogens (tertiary/aromatic N) is 1. The van der Waals surface area contributed by atoms with Crippen molar-refractivity contribution in [3.63, 3.8) is 0 Å². The van der Waals surface area contributed by atoms with Crippen molar-refractivity contribution >= 4 is 45.0 Å². The van der Waals surface area contributed by atoms with E-state index in [0.717, 1.165) is 5.56 Å². The second-order valence-electron chi connectivity index (χ2n) is 5.63. The molecule has 132 valence electrons. The van der Waals surface area contributed by atoms with Gasteiger partial charge in [-0.2, -0.15) is 5.10 Å². The van der Waals surface area contributed by atoms with Crippen molar-refractivity contribution in [3.8, 4) is 11.3 Å². The third kappa shape index (κ3) is 4.81. The van der Waals surface area contributed by atoms with E-state index in [4.69, 9.17) is 28.2 Å². The van der Waals surface area contributed by atoms with E-state index in [1.807, 2.05) is 24.3 Å². The number of nitrogens with one attached hydrogen (secondary N) is 2. The number of hydrogen-bond acceptors (Lipinski definition) is 5. The third-order valence-electron chi connectivity index (χ3n) is 3.69. The lowest BCUT2D eigenvalue weighted by Crippen LogP contribution is -2.40. The predicted molar refractivity (Wildman–Crippen MR) is 103 cm³/mol. The van der Waals surface area contributed by atoms with Crippen LogP contribution < -0.4 is 10.7 Å². The first kappa shape index (κ1) is 17.9. The molecule has 0 aliphatic carbocycles. The smallest absolute Gasteiger partial charge is 0.187 e. The molecule has 3 rings (SSSR count). The van der Waals surface area contributed by atoms with Crippen LogP contribution in [0.2, 0.25) is 5.02 Å². The van der Waals surface area contributed by atoms with Gasteiger partial charge in [-0.05, 0) is 42.9 Å². The molecule has 2 heterocycles. The molecule has 0 amide bonds. The first-order valence-electron chi connectivity index (χ1n) is 7.58. The van der Waals surface area contributed by atoms with E-state index in [1.54, 1.807) is 12.1 Å². The van der Waals surface area contributed by atoms with Gasteiger partial charge >= 0.3 is 0 Å². The summed E-state index contributed by atoms with van der Waals surface area (Å²) >= 11 is 11.2. The fourth-order valence-corrected chi connectivity index (χ4v) is 4.63. The van der Waals surface area contributed by atoms with E-state index >= 15 is 0 Å². The largest absolute Gasteiger partial charge is 0.455 e. The summed E-state index contributed by atoms with van der Waals surface area (Å²) in [5, 5.41) is 7.81. The van der Waals surface area contributed by atoms with Crippen LogP contribution in [-0.4, -0.2) is 37.3 Å². The Hall–Kier alpha value is -1.90. The Bertz CT molecular complexity index is 909. The van der Waals surface area contributed by atoms with Gasteiger partial charge in [0.15, 0.2) is 14.9 Å². The van der Waals surface area contributed by atoms with Gasteiger partial charge < -0.3 is 9.73 Å². The molecular weight excluding hydrogens is 382 g/mol. The van der Waals surface area contributed by atoms with Gasteiger partial charge in [0.05, 0.1) is 22.7 Å². The van der Waals surface area contributed by atoms with Crippen LogP contribution in [0.5, 0.6) is 0 Å². The highest BCUT2D eigenvalue weighted by Crippen LogP contribution is 2.28. The van der Waals surface area contributed by atoms with Crippen LogP contribution in [0.4, 0.5) is 0 Å². The van der Waals surface area contributed by atoms with Gasteiger partial charge in [-0.1, -0.05) is 23.7 Å². The summed E-state index contributed by atoms with van der Waals surface area (Å²) in [5.74, 6) is 1.46. The molecule has 0 spiro atoms. The number of hydrazone groups is 1. The zero-order valence-corrected chi connectivity index (χ0v) is 15.5. The molecule has 0 bridgehead atoms. The van der Waals surface area contributed by atoms with Crippen LogP contribution in [0.25, 0.3) is 11.3 Å². The molecule has 2 aromatic rings. The molecule has 1 aliphatic heterocycles. The molecular formula is C16H16ClN3O3S2. The molecule has 1 atom stereocenters. The van der Waals surface area contributed by atoms with Crippen LogP contribution >= 0.6 is 23.8 Å². The molecule has 1 fully saturated rings. The summed E-state index contributed by atoms with van der Waals surface area (Å²) in [6.07, 6.45) is 2.03. The highest BCUT2D eigenvalue weighted by molar-refractivity contribution is 7.91. The predicted octanol–water partition coefficient (Wildman–Crippen LogP) is 2.59. The van der Waals surface area contributed by atoms with E-state index in [2.05, 4.69) is 15.8 Å². The number of sulfone groups is 1. The number of halogens is 1. The van der Waals surface area contributed by atoms with Gasteiger partial charge in [-0.3, -0.25) is 5.43 Å². The van der Waals surface area contributed by atoms with Crippen molar-refractivity contribution in [1.29, 1.82) is 0 Å². The third-order valence-corrected chi connectivity index (χ3v) is 6.00. The van der Waals surface area contributed by atoms with Crippen LogP contribution in [0.3, 0.4) is 0 Å². The lowest BCUT2D eigenvalue weighted by Gasteiger charge is -2.11. The van der Waals surface area contributed by atoms with Gasteiger partial charge in [0.1, 0.15) is 11.5 Å². The maximum absolute atomic E-state index is 11.4. The van der Waals surface area contributed by atoms with Gasteiger partial charge in [-0.15, -0.1) is 0 Å². The molecule has 25 heavy (non-hydrogen) atoms. The summed E-state index contributed by atoms with van der Waals surface area (Å²) in [5.41, 5.74) is 3.46. The highest BCUT2D eigenvalue weighted by atomic mass is 35.5. The summed E-state index contributed by atoms with van der Waals surface area (Å²) in [6.45, 7) is 0. The average Bonchev–Trinajstić information content (AvgIpc) is 3.14. The van der Waals surface area contributed by atoms with Crippen molar-refractivity contribution in [2.24, 2.45) is 5.10 Å². The molecule has 1 saturated heterocycles. The first-order chi connectivity index (χ1) is 11.9. The molecule has 0 radical (unpaired) electrons. The zero-order chi connectivity index (χ0) is 17.9. The van der Waals surface area contributed by atoms with E-state index in [0.29, 0.717) is 23.0 Å². The number of furan rings is 1. The number of thiocarbonyl (C=S) groups is 1. The molecule has 1 aromatic carbocycles. The monoisotopic (exact) mass is 397 g/mol. The van der Waals surface area contributed by atoms with Crippen LogP contribution in [-0.2, 0) is 9.84 Å². The Morgan fingerprint density at radius 1 is 1.32 bits per heavy atom. The van der Waals surface area contributed by atoms with Gasteiger partial charge in [0, 0.05) is 11.6 Å². The Kier molecular flexibility index (Phi) is 5.41. The second kappa shape index (κ2) is 7.55. The zero-order valence-electron chi connectivity index (χ0n) is 13.1. The van der Waals surface area contributed by atoms with Crippen molar-refractivity contribution in [2.45, 2.75) is 12.5 Å². The van der Waals surface area contributed by atoms with E-state index < -0.39 is 9.84 Å². The minimum atomic E-state index is -2.95. The SMILES string of the molecule is O=S1(=O)CCC(NC(=S)NN=Cc2ccc(-c3ccccc3Cl)o2)C1. The standard InChI is InChI=1S/C16H16ClN3O3S2/c17-14-4-2-1-3-13(14)15-6-5-12(23-15)9-18-20-16(24)19-11-7-8-25(21,22)10-11/h1-6,9,11H,7-8,10H2,(H2,19,20,24). The van der Waals surface area contributed by atoms with Crippen LogP contribution in [0.15, 0.2) is 45.9 Å². The lowest BCUT2D eigenvalue weighted by molar-refractivity contribution is 0.574. The van der Waals surface area contributed by atoms with Crippen molar-refractivity contribution in [1.82, 2.24) is 10.7 Å². The van der Waals surface area contributed by atoms with Crippen LogP contribution in [0.1, 0.15) is 12.2 Å². The van der Waals surface area contributed by atoms with Crippen LogP contribution in [0, 0.1) is 0 Å². The Morgan fingerprint density at radius 2 is 2.12 bits per heavy atom. The highest BCUT2D eigenvalue weighted by Gasteiger charge is 2.28. The second-order valence-corrected chi connectivity index (χ2v) is 8.67. The molecule has 1 aromatic heterocycles. The fourth-order valence-electron chi connectivity index (χ4n) is 2.51. The van der Waals surface area contributed by atoms with Gasteiger partial charge in [-0.25, -0.2) is 8.42 Å². The fraction of sp³-hybridized carbons (Fsp3) is 0.250. The molecule has 9 heteroatoms. The Balaban J connectivity index is 1.55. The maximum atomic E-state index is 11.4. The minimum absolute atomic E-state index is 0.0952. The normalized spacial score (nSPS) is 19.2. The number of hydrogen-bond donors (Lipinski definition) is 2. The Morgan fingerprint density at radius 3 is 2.84 bits per heavy atom. The Labute approximate surface area is 156 Å². The molecule has 0 saturated carbocycles. The topological polar surface area (TPSA) is 83.7 Å². The summed E-state index contributed by atoms with van der Waals surface area (Å²) in [7, 11) is -2.95. The number of benzene rings is 1. The minimum Gasteiger partial charge on any atom is -0.455 e. The number of rotatable bonds is 4. The quantitative estimate of drug-likeness (QED) is 0.468.